The van der Waals surface area contributed by atoms with Gasteiger partial charge in [0.15, 0.2) is 5.78 Å². The molecule has 0 saturated carbocycles. The van der Waals surface area contributed by atoms with Gasteiger partial charge in [-0.3, -0.25) is 4.79 Å². The normalized spacial score (nSPS) is 21.6. The second-order valence-corrected chi connectivity index (χ2v) is 13.1. The molecule has 12 heteroatoms. The van der Waals surface area contributed by atoms with E-state index in [-0.39, 0.29) is 24.1 Å². The quantitative estimate of drug-likeness (QED) is 0.123. The molecule has 5 rings (SSSR count). The predicted octanol–water partition coefficient (Wildman–Crippen LogP) is 5.76. The van der Waals surface area contributed by atoms with E-state index in [1.807, 2.05) is 57.2 Å². The smallest absolute Gasteiger partial charge is 0.399 e. The van der Waals surface area contributed by atoms with Gasteiger partial charge in [-0.05, 0) is 67.8 Å². The fraction of sp³-hybridized carbons (Fsp3) is 0.457. The Morgan fingerprint density at radius 1 is 1.06 bits per heavy atom. The summed E-state index contributed by atoms with van der Waals surface area (Å²) in [5.74, 6) is -0.307. The number of allylic oxidation sites excluding steroid dienone is 1. The van der Waals surface area contributed by atoms with Gasteiger partial charge in [0, 0.05) is 67.4 Å². The molecule has 47 heavy (non-hydrogen) atoms. The lowest BCUT2D eigenvalue weighted by atomic mass is 9.60. The molecular weight excluding hydrogens is 605 g/mol. The van der Waals surface area contributed by atoms with E-state index < -0.39 is 28.6 Å². The zero-order valence-corrected chi connectivity index (χ0v) is 27.5. The van der Waals surface area contributed by atoms with Gasteiger partial charge < -0.3 is 31.9 Å². The highest BCUT2D eigenvalue weighted by Crippen LogP contribution is 2.44. The van der Waals surface area contributed by atoms with E-state index in [2.05, 4.69) is 43.5 Å². The number of aromatic nitrogens is 2. The van der Waals surface area contributed by atoms with Crippen LogP contribution in [0.2, 0.25) is 0 Å². The van der Waals surface area contributed by atoms with Crippen LogP contribution >= 0.6 is 0 Å². The molecule has 6 N–H and O–H groups in total. The van der Waals surface area contributed by atoms with Gasteiger partial charge in [0.05, 0.1) is 5.41 Å². The first-order chi connectivity index (χ1) is 22.2. The minimum atomic E-state index is -4.66. The zero-order chi connectivity index (χ0) is 34.0. The van der Waals surface area contributed by atoms with Gasteiger partial charge in [-0.15, -0.1) is 0 Å². The van der Waals surface area contributed by atoms with E-state index in [1.54, 1.807) is 12.1 Å². The highest BCUT2D eigenvalue weighted by atomic mass is 19.4. The van der Waals surface area contributed by atoms with Gasteiger partial charge in [-0.1, -0.05) is 45.1 Å². The summed E-state index contributed by atoms with van der Waals surface area (Å²) in [5.41, 5.74) is 13.6. The second kappa shape index (κ2) is 13.5. The molecule has 0 radical (unpaired) electrons. The fourth-order valence-corrected chi connectivity index (χ4v) is 6.39. The minimum absolute atomic E-state index is 0.0420. The monoisotopic (exact) mass is 650 g/mol. The van der Waals surface area contributed by atoms with Crippen molar-refractivity contribution < 1.29 is 18.0 Å². The van der Waals surface area contributed by atoms with Gasteiger partial charge in [-0.25, -0.2) is 4.98 Å². The molecule has 2 aliphatic rings. The van der Waals surface area contributed by atoms with Crippen LogP contribution in [0.1, 0.15) is 50.3 Å². The van der Waals surface area contributed by atoms with Crippen LogP contribution in [-0.2, 0) is 22.8 Å². The molecule has 2 unspecified atom stereocenters. The number of alkyl halides is 3. The van der Waals surface area contributed by atoms with Crippen molar-refractivity contribution in [3.05, 3.63) is 77.5 Å². The number of carbonyl (C=O) groups excluding carboxylic acids is 1. The Morgan fingerprint density at radius 2 is 1.77 bits per heavy atom. The molecule has 252 valence electrons. The Bertz CT molecular complexity index is 1600. The molecule has 3 aromatic rings. The van der Waals surface area contributed by atoms with Gasteiger partial charge >= 0.3 is 6.18 Å². The van der Waals surface area contributed by atoms with E-state index in [4.69, 9.17) is 11.5 Å². The largest absolute Gasteiger partial charge is 0.421 e. The number of rotatable bonds is 10. The predicted molar refractivity (Wildman–Crippen MR) is 182 cm³/mol. The maximum atomic E-state index is 14.0. The summed E-state index contributed by atoms with van der Waals surface area (Å²) in [6.07, 6.45) is 1.28. The van der Waals surface area contributed by atoms with E-state index in [0.717, 1.165) is 61.3 Å². The van der Waals surface area contributed by atoms with Gasteiger partial charge in [0.1, 0.15) is 11.4 Å². The van der Waals surface area contributed by atoms with Crippen LogP contribution in [-0.4, -0.2) is 66.5 Å². The first-order valence-electron chi connectivity index (χ1n) is 16.1. The number of likely N-dealkylation sites (N-methyl/N-ethyl adjacent to an activating group) is 1. The van der Waals surface area contributed by atoms with Crippen molar-refractivity contribution in [1.82, 2.24) is 14.9 Å². The Kier molecular flexibility index (Phi) is 9.83. The van der Waals surface area contributed by atoms with E-state index in [0.29, 0.717) is 18.5 Å². The van der Waals surface area contributed by atoms with Crippen molar-refractivity contribution in [3.8, 4) is 0 Å². The van der Waals surface area contributed by atoms with E-state index in [1.165, 1.54) is 0 Å². The maximum absolute atomic E-state index is 14.0. The van der Waals surface area contributed by atoms with Crippen LogP contribution in [0.15, 0.2) is 60.8 Å². The average molecular weight is 651 g/mol. The third-order valence-electron chi connectivity index (χ3n) is 9.56. The number of anilines is 5. The Labute approximate surface area is 274 Å². The summed E-state index contributed by atoms with van der Waals surface area (Å²) >= 11 is 0. The van der Waals surface area contributed by atoms with E-state index >= 15 is 0 Å². The number of nitrogen functional groups attached to an aromatic ring is 1. The first kappa shape index (κ1) is 34.2. The molecule has 2 aromatic carbocycles. The number of nitrogens with two attached hydrogens (primary N) is 2. The molecule has 2 heterocycles. The van der Waals surface area contributed by atoms with Gasteiger partial charge in [0.25, 0.3) is 0 Å². The average Bonchev–Trinajstić information content (AvgIpc) is 3.04. The number of nitrogens with one attached hydrogen (secondary N) is 2. The third-order valence-corrected chi connectivity index (χ3v) is 9.56. The van der Waals surface area contributed by atoms with Crippen LogP contribution in [0.4, 0.5) is 42.0 Å². The first-order valence-corrected chi connectivity index (χ1v) is 16.1. The molecule has 1 aliphatic heterocycles. The number of Topliss-reactive ketones (excluding diaryl/α,β-unsaturated/α-hetero) is 1. The molecule has 1 aromatic heterocycles. The number of piperazine rings is 1. The number of carbonyl (C=O) groups is 1. The van der Waals surface area contributed by atoms with Crippen molar-refractivity contribution in [1.29, 1.82) is 0 Å². The number of halogens is 3. The molecule has 0 spiro atoms. The molecule has 2 atom stereocenters. The highest BCUT2D eigenvalue weighted by molar-refractivity contribution is 5.98. The molecule has 1 saturated heterocycles. The standard InChI is InChI=1S/C35H45F3N8O/c1-5-23-21-26(46-19-17-45(4)18-20-46)11-12-28(23)43-32-42-22-27(35(36,37)38)30(44-32)41-16-6-14-34(24-7-9-25(39)10-8-24)15-13-29(40)33(2,3)31(34)47/h7-13,15,21-22,29H,5-6,14,16-20,39-40H2,1-4H3,(H2,41,42,43,44). The number of hydrogen-bond donors (Lipinski definition) is 4. The highest BCUT2D eigenvalue weighted by Gasteiger charge is 2.49. The number of aryl methyl sites for hydroxylation is 1. The van der Waals surface area contributed by atoms with Gasteiger partial charge in [0.2, 0.25) is 5.95 Å². The van der Waals surface area contributed by atoms with Crippen LogP contribution < -0.4 is 27.0 Å². The molecule has 0 bridgehead atoms. The summed E-state index contributed by atoms with van der Waals surface area (Å²) in [7, 11) is 2.11. The Morgan fingerprint density at radius 3 is 2.43 bits per heavy atom. The lowest BCUT2D eigenvalue weighted by Crippen LogP contribution is -2.54. The summed E-state index contributed by atoms with van der Waals surface area (Å²) in [6, 6.07) is 12.7. The summed E-state index contributed by atoms with van der Waals surface area (Å²) in [6.45, 7) is 9.65. The molecule has 1 fully saturated rings. The van der Waals surface area contributed by atoms with Crippen LogP contribution in [0, 0.1) is 5.41 Å². The summed E-state index contributed by atoms with van der Waals surface area (Å²) in [5, 5.41) is 6.03. The summed E-state index contributed by atoms with van der Waals surface area (Å²) < 4.78 is 42.1. The van der Waals surface area contributed by atoms with Crippen LogP contribution in [0.25, 0.3) is 0 Å². The van der Waals surface area contributed by atoms with Crippen molar-refractivity contribution in [3.63, 3.8) is 0 Å². The number of benzene rings is 2. The van der Waals surface area contributed by atoms with Crippen LogP contribution in [0.5, 0.6) is 0 Å². The Balaban J connectivity index is 1.34. The number of ketones is 1. The Hall–Kier alpha value is -4.16. The zero-order valence-electron chi connectivity index (χ0n) is 27.5. The molecule has 1 aliphatic carbocycles. The summed E-state index contributed by atoms with van der Waals surface area (Å²) in [4.78, 5) is 26.9. The number of nitrogens with zero attached hydrogens (tertiary/aromatic N) is 4. The van der Waals surface area contributed by atoms with Crippen molar-refractivity contribution >= 4 is 34.6 Å². The van der Waals surface area contributed by atoms with E-state index in [9.17, 15) is 18.0 Å². The maximum Gasteiger partial charge on any atom is 0.421 e. The third kappa shape index (κ3) is 7.23. The van der Waals surface area contributed by atoms with Crippen molar-refractivity contribution in [2.45, 2.75) is 57.7 Å². The van der Waals surface area contributed by atoms with Gasteiger partial charge in [-0.2, -0.15) is 18.2 Å². The lowest BCUT2D eigenvalue weighted by Gasteiger charge is -2.43. The second-order valence-electron chi connectivity index (χ2n) is 13.1. The molecule has 9 nitrogen and oxygen atoms in total. The fourth-order valence-electron chi connectivity index (χ4n) is 6.39. The van der Waals surface area contributed by atoms with Crippen molar-refractivity contribution in [2.24, 2.45) is 11.1 Å². The molecule has 0 amide bonds. The molecular formula is C35H45F3N8O. The topological polar surface area (TPSA) is 125 Å². The lowest BCUT2D eigenvalue weighted by molar-refractivity contribution is -0.137. The SMILES string of the molecule is CCc1cc(N2CCN(C)CC2)ccc1Nc1ncc(C(F)(F)F)c(NCCCC2(c3ccc(N)cc3)C=CC(N)C(C)(C)C2=O)n1. The number of hydrogen-bond acceptors (Lipinski definition) is 9. The van der Waals surface area contributed by atoms with Crippen LogP contribution in [0.3, 0.4) is 0 Å². The van der Waals surface area contributed by atoms with Crippen molar-refractivity contribution in [2.75, 3.05) is 61.0 Å². The minimum Gasteiger partial charge on any atom is -0.399 e.